The second kappa shape index (κ2) is 9.12. The molecule has 3 rings (SSSR count). The number of carbonyl (C=O) groups is 3. The van der Waals surface area contributed by atoms with E-state index >= 15 is 0 Å². The number of carbonyl (C=O) groups excluding carboxylic acids is 3. The van der Waals surface area contributed by atoms with Crippen LogP contribution in [0.3, 0.4) is 0 Å². The molecule has 0 unspecified atom stereocenters. The zero-order valence-electron chi connectivity index (χ0n) is 15.8. The van der Waals surface area contributed by atoms with Gasteiger partial charge in [-0.3, -0.25) is 24.3 Å². The van der Waals surface area contributed by atoms with Gasteiger partial charge in [-0.25, -0.2) is 0 Å². The number of hydrogen-bond acceptors (Lipinski definition) is 5. The highest BCUT2D eigenvalue weighted by Gasteiger charge is 2.34. The predicted octanol–water partition coefficient (Wildman–Crippen LogP) is 2.56. The first kappa shape index (κ1) is 19.5. The van der Waals surface area contributed by atoms with Crippen molar-refractivity contribution in [3.05, 3.63) is 59.4 Å². The lowest BCUT2D eigenvalue weighted by Gasteiger charge is -2.13. The first-order valence-electron chi connectivity index (χ1n) is 9.30. The lowest BCUT2D eigenvalue weighted by Crippen LogP contribution is -2.30. The Morgan fingerprint density at radius 3 is 2.50 bits per heavy atom. The van der Waals surface area contributed by atoms with Crippen LogP contribution >= 0.6 is 0 Å². The van der Waals surface area contributed by atoms with Gasteiger partial charge in [-0.05, 0) is 36.6 Å². The van der Waals surface area contributed by atoms with E-state index in [-0.39, 0.29) is 17.7 Å². The van der Waals surface area contributed by atoms with Gasteiger partial charge in [0.2, 0.25) is 5.91 Å². The fourth-order valence-electron chi connectivity index (χ4n) is 3.10. The second-order valence-corrected chi connectivity index (χ2v) is 6.62. The molecule has 0 saturated heterocycles. The summed E-state index contributed by atoms with van der Waals surface area (Å²) >= 11 is 0. The normalized spacial score (nSPS) is 12.8. The highest BCUT2D eigenvalue weighted by Crippen LogP contribution is 2.22. The highest BCUT2D eigenvalue weighted by atomic mass is 16.5. The van der Waals surface area contributed by atoms with Crippen LogP contribution in [0.4, 0.5) is 0 Å². The summed E-state index contributed by atoms with van der Waals surface area (Å²) in [6.07, 6.45) is 5.51. The van der Waals surface area contributed by atoms with E-state index in [9.17, 15) is 14.4 Å². The van der Waals surface area contributed by atoms with Crippen LogP contribution in [-0.2, 0) is 11.3 Å². The number of fused-ring (bicyclic) bond motifs is 1. The number of imide groups is 1. The van der Waals surface area contributed by atoms with Crippen molar-refractivity contribution < 1.29 is 19.1 Å². The molecule has 1 aliphatic heterocycles. The van der Waals surface area contributed by atoms with Gasteiger partial charge in [0.05, 0.1) is 18.2 Å². The summed E-state index contributed by atoms with van der Waals surface area (Å²) in [5, 5.41) is 2.89. The van der Waals surface area contributed by atoms with E-state index in [1.165, 1.54) is 17.3 Å². The average Bonchev–Trinajstić information content (AvgIpc) is 2.97. The number of pyridine rings is 1. The SMILES string of the molecule is COc1ccc(CNC(=O)CCCCCN2C(=O)c3ccncc3C2=O)cc1. The summed E-state index contributed by atoms with van der Waals surface area (Å²) in [5.41, 5.74) is 1.79. The summed E-state index contributed by atoms with van der Waals surface area (Å²) in [4.78, 5) is 41.6. The van der Waals surface area contributed by atoms with Gasteiger partial charge in [-0.2, -0.15) is 0 Å². The molecule has 7 heteroatoms. The third-order valence-electron chi connectivity index (χ3n) is 4.71. The molecule has 0 aliphatic carbocycles. The monoisotopic (exact) mass is 381 g/mol. The van der Waals surface area contributed by atoms with Crippen molar-refractivity contribution in [2.24, 2.45) is 0 Å². The minimum absolute atomic E-state index is 0.0115. The lowest BCUT2D eigenvalue weighted by molar-refractivity contribution is -0.121. The summed E-state index contributed by atoms with van der Waals surface area (Å²) in [7, 11) is 1.61. The van der Waals surface area contributed by atoms with Crippen molar-refractivity contribution in [2.75, 3.05) is 13.7 Å². The Kier molecular flexibility index (Phi) is 6.37. The topological polar surface area (TPSA) is 88.6 Å². The quantitative estimate of drug-likeness (QED) is 0.533. The molecule has 1 N–H and O–H groups in total. The number of hydrogen-bond donors (Lipinski definition) is 1. The maximum Gasteiger partial charge on any atom is 0.263 e. The highest BCUT2D eigenvalue weighted by molar-refractivity contribution is 6.21. The van der Waals surface area contributed by atoms with Crippen LogP contribution in [-0.4, -0.2) is 41.3 Å². The van der Waals surface area contributed by atoms with E-state index in [4.69, 9.17) is 4.74 Å². The second-order valence-electron chi connectivity index (χ2n) is 6.62. The lowest BCUT2D eigenvalue weighted by atomic mass is 10.1. The standard InChI is InChI=1S/C21H23N3O4/c1-28-16-8-6-15(7-9-16)13-23-19(25)5-3-2-4-12-24-20(26)17-10-11-22-14-18(17)21(24)27/h6-11,14H,2-5,12-13H2,1H3,(H,23,25). The number of nitrogens with one attached hydrogen (secondary N) is 1. The molecule has 146 valence electrons. The number of amides is 3. The summed E-state index contributed by atoms with van der Waals surface area (Å²) in [5.74, 6) is 0.219. The maximum absolute atomic E-state index is 12.2. The van der Waals surface area contributed by atoms with Gasteiger partial charge >= 0.3 is 0 Å². The Balaban J connectivity index is 1.33. The maximum atomic E-state index is 12.2. The summed E-state index contributed by atoms with van der Waals surface area (Å²) < 4.78 is 5.10. The molecule has 1 aliphatic rings. The van der Waals surface area contributed by atoms with E-state index in [2.05, 4.69) is 10.3 Å². The zero-order valence-corrected chi connectivity index (χ0v) is 15.8. The molecule has 0 atom stereocenters. The van der Waals surface area contributed by atoms with E-state index in [0.29, 0.717) is 43.5 Å². The molecule has 1 aromatic heterocycles. The first-order valence-corrected chi connectivity index (χ1v) is 9.30. The van der Waals surface area contributed by atoms with Gasteiger partial charge in [0.15, 0.2) is 0 Å². The van der Waals surface area contributed by atoms with Gasteiger partial charge in [-0.1, -0.05) is 18.6 Å². The number of unbranched alkanes of at least 4 members (excludes halogenated alkanes) is 2. The Labute approximate surface area is 163 Å². The van der Waals surface area contributed by atoms with Crippen LogP contribution in [0.2, 0.25) is 0 Å². The molecule has 0 radical (unpaired) electrons. The van der Waals surface area contributed by atoms with Crippen LogP contribution in [0, 0.1) is 0 Å². The number of methoxy groups -OCH3 is 1. The van der Waals surface area contributed by atoms with Crippen molar-refractivity contribution >= 4 is 17.7 Å². The number of aromatic nitrogens is 1. The van der Waals surface area contributed by atoms with Gasteiger partial charge in [-0.15, -0.1) is 0 Å². The van der Waals surface area contributed by atoms with Crippen molar-refractivity contribution in [3.63, 3.8) is 0 Å². The Hall–Kier alpha value is -3.22. The van der Waals surface area contributed by atoms with Gasteiger partial charge in [0, 0.05) is 31.9 Å². The Morgan fingerprint density at radius 1 is 1.04 bits per heavy atom. The molecule has 0 bridgehead atoms. The fourth-order valence-corrected chi connectivity index (χ4v) is 3.10. The molecular weight excluding hydrogens is 358 g/mol. The van der Waals surface area contributed by atoms with Gasteiger partial charge in [0.1, 0.15) is 5.75 Å². The van der Waals surface area contributed by atoms with Crippen molar-refractivity contribution in [3.8, 4) is 5.75 Å². The Bertz CT molecular complexity index is 829. The van der Waals surface area contributed by atoms with Gasteiger partial charge < -0.3 is 10.1 Å². The van der Waals surface area contributed by atoms with Crippen LogP contribution in [0.25, 0.3) is 0 Å². The third kappa shape index (κ3) is 4.54. The molecule has 2 aromatic rings. The van der Waals surface area contributed by atoms with Gasteiger partial charge in [0.25, 0.3) is 11.8 Å². The minimum atomic E-state index is -0.287. The van der Waals surface area contributed by atoms with E-state index < -0.39 is 0 Å². The molecule has 0 spiro atoms. The van der Waals surface area contributed by atoms with Crippen LogP contribution < -0.4 is 10.1 Å². The Morgan fingerprint density at radius 2 is 1.79 bits per heavy atom. The van der Waals surface area contributed by atoms with E-state index in [1.807, 2.05) is 24.3 Å². The van der Waals surface area contributed by atoms with E-state index in [0.717, 1.165) is 17.7 Å². The molecule has 0 fully saturated rings. The number of nitrogens with zero attached hydrogens (tertiary/aromatic N) is 2. The predicted molar refractivity (Wildman–Crippen MR) is 103 cm³/mol. The van der Waals surface area contributed by atoms with Crippen LogP contribution in [0.1, 0.15) is 52.0 Å². The largest absolute Gasteiger partial charge is 0.497 e. The molecule has 2 heterocycles. The molecule has 1 aromatic carbocycles. The average molecular weight is 381 g/mol. The fraction of sp³-hybridized carbons (Fsp3) is 0.333. The van der Waals surface area contributed by atoms with Crippen LogP contribution in [0.15, 0.2) is 42.7 Å². The molecule has 28 heavy (non-hydrogen) atoms. The number of rotatable bonds is 9. The molecule has 3 amide bonds. The molecular formula is C21H23N3O4. The van der Waals surface area contributed by atoms with Crippen molar-refractivity contribution in [1.29, 1.82) is 0 Å². The summed E-state index contributed by atoms with van der Waals surface area (Å²) in [6, 6.07) is 9.11. The zero-order chi connectivity index (χ0) is 19.9. The number of ether oxygens (including phenoxy) is 1. The van der Waals surface area contributed by atoms with Crippen molar-refractivity contribution in [1.82, 2.24) is 15.2 Å². The molecule has 7 nitrogen and oxygen atoms in total. The number of benzene rings is 1. The first-order chi connectivity index (χ1) is 13.6. The smallest absolute Gasteiger partial charge is 0.263 e. The van der Waals surface area contributed by atoms with Crippen LogP contribution in [0.5, 0.6) is 5.75 Å². The third-order valence-corrected chi connectivity index (χ3v) is 4.71. The van der Waals surface area contributed by atoms with E-state index in [1.54, 1.807) is 13.2 Å². The van der Waals surface area contributed by atoms with Crippen molar-refractivity contribution in [2.45, 2.75) is 32.2 Å². The molecule has 0 saturated carbocycles. The summed E-state index contributed by atoms with van der Waals surface area (Å²) in [6.45, 7) is 0.839. The minimum Gasteiger partial charge on any atom is -0.497 e.